The third-order valence-electron chi connectivity index (χ3n) is 7.15. The predicted molar refractivity (Wildman–Crippen MR) is 132 cm³/mol. The molecule has 0 aromatic heterocycles. The Balaban J connectivity index is -0.000000750. The number of esters is 2. The van der Waals surface area contributed by atoms with Crippen molar-refractivity contribution in [3.8, 4) is 0 Å². The van der Waals surface area contributed by atoms with Gasteiger partial charge in [0.05, 0.1) is 0 Å². The number of carbonyl (C=O) groups excluding carboxylic acids is 2. The Morgan fingerprint density at radius 2 is 0.909 bits per heavy atom. The summed E-state index contributed by atoms with van der Waals surface area (Å²) in [5.41, 5.74) is -1.63. The molecule has 0 fully saturated rings. The van der Waals surface area contributed by atoms with Crippen molar-refractivity contribution in [3.63, 3.8) is 0 Å². The molecule has 0 saturated heterocycles. The predicted octanol–water partition coefficient (Wildman–Crippen LogP) is 2.25. The zero-order valence-electron chi connectivity index (χ0n) is 26.4. The molecule has 6 heteroatoms. The first-order valence-corrected chi connectivity index (χ1v) is 12.6. The van der Waals surface area contributed by atoms with Gasteiger partial charge >= 0.3 is 82.2 Å². The summed E-state index contributed by atoms with van der Waals surface area (Å²) in [6.45, 7) is 20.9. The molecular formula is C27H54KLiO4. The number of hydrogen-bond acceptors (Lipinski definition) is 4. The van der Waals surface area contributed by atoms with Crippen LogP contribution in [-0.4, -0.2) is 23.1 Å². The van der Waals surface area contributed by atoms with Crippen molar-refractivity contribution < 1.29 is 92.2 Å². The van der Waals surface area contributed by atoms with E-state index in [0.29, 0.717) is 0 Å². The molecule has 0 amide bonds. The SMILES string of the molecule is CCCCCCC(C)(OC(=O)CC(=O)OC(C)(CCCCCC)C(C)(C)C)C(C)(C)C.[H-].[H-].[K+].[Li+]. The van der Waals surface area contributed by atoms with Crippen molar-refractivity contribution in [1.82, 2.24) is 0 Å². The van der Waals surface area contributed by atoms with Gasteiger partial charge in [-0.1, -0.05) is 93.9 Å². The van der Waals surface area contributed by atoms with Crippen molar-refractivity contribution in [2.45, 2.75) is 151 Å². The standard InChI is InChI=1S/C27H52O4.K.Li.2H/c1-11-13-15-17-19-26(9,24(3,4)5)30-22(28)21-23(29)31-27(10,25(6,7)8)20-18-16-14-12-2;;;;/h11-21H2,1-10H3;;;;/q;2*+1;2*-1. The molecule has 0 aromatic carbocycles. The number of carbonyl (C=O) groups is 2. The number of hydrogen-bond donors (Lipinski definition) is 0. The van der Waals surface area contributed by atoms with E-state index in [0.717, 1.165) is 38.5 Å². The second-order valence-corrected chi connectivity index (χ2v) is 11.7. The Morgan fingerprint density at radius 1 is 0.606 bits per heavy atom. The fourth-order valence-corrected chi connectivity index (χ4v) is 3.63. The molecule has 188 valence electrons. The summed E-state index contributed by atoms with van der Waals surface area (Å²) >= 11 is 0. The van der Waals surface area contributed by atoms with E-state index >= 15 is 0 Å². The van der Waals surface area contributed by atoms with Gasteiger partial charge in [0.25, 0.3) is 0 Å². The average molecular weight is 489 g/mol. The van der Waals surface area contributed by atoms with Crippen LogP contribution in [0.1, 0.15) is 143 Å². The van der Waals surface area contributed by atoms with Crippen LogP contribution in [0.2, 0.25) is 0 Å². The van der Waals surface area contributed by atoms with E-state index in [1.807, 2.05) is 13.8 Å². The molecule has 0 aromatic rings. The Labute approximate surface area is 263 Å². The van der Waals surface area contributed by atoms with Crippen molar-refractivity contribution in [3.05, 3.63) is 0 Å². The summed E-state index contributed by atoms with van der Waals surface area (Å²) in [5.74, 6) is -0.972. The van der Waals surface area contributed by atoms with Crippen LogP contribution in [0.15, 0.2) is 0 Å². The van der Waals surface area contributed by atoms with Gasteiger partial charge < -0.3 is 12.3 Å². The van der Waals surface area contributed by atoms with E-state index in [1.165, 1.54) is 25.7 Å². The molecule has 0 N–H and O–H groups in total. The maximum atomic E-state index is 12.7. The molecule has 2 unspecified atom stereocenters. The summed E-state index contributed by atoms with van der Waals surface area (Å²) in [5, 5.41) is 0. The minimum atomic E-state index is -0.606. The molecule has 0 saturated carbocycles. The third-order valence-corrected chi connectivity index (χ3v) is 7.15. The zero-order valence-corrected chi connectivity index (χ0v) is 27.5. The second-order valence-electron chi connectivity index (χ2n) is 11.7. The van der Waals surface area contributed by atoms with Gasteiger partial charge in [0.1, 0.15) is 17.6 Å². The van der Waals surface area contributed by atoms with E-state index in [4.69, 9.17) is 9.47 Å². The smallest absolute Gasteiger partial charge is 1.00 e. The first-order valence-electron chi connectivity index (χ1n) is 12.6. The Morgan fingerprint density at radius 3 is 1.15 bits per heavy atom. The Hall–Kier alpha value is 1.17. The molecule has 0 bridgehead atoms. The maximum Gasteiger partial charge on any atom is 1.00 e. The van der Waals surface area contributed by atoms with Crippen molar-refractivity contribution in [1.29, 1.82) is 0 Å². The number of unbranched alkanes of at least 4 members (excludes halogenated alkanes) is 6. The fraction of sp³-hybridized carbons (Fsp3) is 0.926. The Kier molecular flexibility index (Phi) is 20.6. The van der Waals surface area contributed by atoms with Gasteiger partial charge in [-0.25, -0.2) is 0 Å². The minimum absolute atomic E-state index is 0. The summed E-state index contributed by atoms with van der Waals surface area (Å²) in [4.78, 5) is 25.4. The van der Waals surface area contributed by atoms with E-state index in [2.05, 4.69) is 55.4 Å². The third kappa shape index (κ3) is 14.5. The van der Waals surface area contributed by atoms with E-state index in [1.54, 1.807) is 0 Å². The number of rotatable bonds is 14. The van der Waals surface area contributed by atoms with Gasteiger partial charge in [0, 0.05) is 10.8 Å². The van der Waals surface area contributed by atoms with Crippen LogP contribution in [0.25, 0.3) is 0 Å². The van der Waals surface area contributed by atoms with Gasteiger partial charge in [0.15, 0.2) is 0 Å². The first-order chi connectivity index (χ1) is 14.1. The molecule has 0 rings (SSSR count). The molecule has 2 atom stereocenters. The average Bonchev–Trinajstić information content (AvgIpc) is 2.60. The van der Waals surface area contributed by atoms with E-state index in [9.17, 15) is 9.59 Å². The molecule has 0 heterocycles. The quantitative estimate of drug-likeness (QED) is 0.163. The van der Waals surface area contributed by atoms with Crippen LogP contribution in [0.4, 0.5) is 0 Å². The molecule has 0 spiro atoms. The van der Waals surface area contributed by atoms with Crippen molar-refractivity contribution in [2.75, 3.05) is 0 Å². The van der Waals surface area contributed by atoms with Crippen LogP contribution in [0.5, 0.6) is 0 Å². The normalized spacial score (nSPS) is 15.3. The minimum Gasteiger partial charge on any atom is -1.00 e. The van der Waals surface area contributed by atoms with Gasteiger partial charge in [-0.2, -0.15) is 0 Å². The molecule has 33 heavy (non-hydrogen) atoms. The van der Waals surface area contributed by atoms with Crippen LogP contribution in [-0.2, 0) is 19.1 Å². The number of ether oxygens (including phenoxy) is 2. The van der Waals surface area contributed by atoms with Gasteiger partial charge in [-0.15, -0.1) is 0 Å². The molecular weight excluding hydrogens is 434 g/mol. The van der Waals surface area contributed by atoms with E-state index in [-0.39, 0.29) is 90.3 Å². The molecule has 4 nitrogen and oxygen atoms in total. The van der Waals surface area contributed by atoms with Crippen LogP contribution >= 0.6 is 0 Å². The van der Waals surface area contributed by atoms with Gasteiger partial charge in [-0.3, -0.25) is 9.59 Å². The summed E-state index contributed by atoms with van der Waals surface area (Å²) < 4.78 is 11.9. The van der Waals surface area contributed by atoms with Crippen LogP contribution in [0, 0.1) is 10.8 Å². The zero-order chi connectivity index (χ0) is 24.3. The van der Waals surface area contributed by atoms with Crippen LogP contribution in [0.3, 0.4) is 0 Å². The second kappa shape index (κ2) is 17.6. The summed E-state index contributed by atoms with van der Waals surface area (Å²) in [7, 11) is 0. The van der Waals surface area contributed by atoms with Gasteiger partial charge in [0.2, 0.25) is 0 Å². The molecule has 0 aliphatic carbocycles. The molecule has 0 aliphatic rings. The Bertz CT molecular complexity index is 516. The first kappa shape index (κ1) is 38.7. The molecule has 0 aliphatic heterocycles. The molecule has 0 radical (unpaired) electrons. The largest absolute Gasteiger partial charge is 1.00 e. The summed E-state index contributed by atoms with van der Waals surface area (Å²) in [6, 6.07) is 0. The van der Waals surface area contributed by atoms with Crippen molar-refractivity contribution >= 4 is 11.9 Å². The topological polar surface area (TPSA) is 52.6 Å². The maximum absolute atomic E-state index is 12.7. The van der Waals surface area contributed by atoms with Gasteiger partial charge in [-0.05, 0) is 39.5 Å². The van der Waals surface area contributed by atoms with E-state index < -0.39 is 23.1 Å². The van der Waals surface area contributed by atoms with Crippen LogP contribution < -0.4 is 70.2 Å². The summed E-state index contributed by atoms with van der Waals surface area (Å²) in [6.07, 6.45) is 10.3. The fourth-order valence-electron chi connectivity index (χ4n) is 3.63. The monoisotopic (exact) mass is 488 g/mol. The van der Waals surface area contributed by atoms with Crippen molar-refractivity contribution in [2.24, 2.45) is 10.8 Å².